The Morgan fingerprint density at radius 2 is 1.04 bits per heavy atom. The number of hydrogen-bond acceptors (Lipinski definition) is 19. The number of hydrogen-bond donors (Lipinski definition) is 11. The van der Waals surface area contributed by atoms with Crippen LogP contribution in [0, 0.1) is 0 Å². The van der Waals surface area contributed by atoms with E-state index in [0.717, 1.165) is 0 Å². The van der Waals surface area contributed by atoms with Crippen molar-refractivity contribution < 1.29 is 93.8 Å². The molecule has 4 saturated heterocycles. The molecule has 0 aromatic heterocycles. The Kier molecular flexibility index (Phi) is 13.3. The van der Waals surface area contributed by atoms with Gasteiger partial charge in [-0.15, -0.1) is 0 Å². The Bertz CT molecular complexity index is 1010. The van der Waals surface area contributed by atoms with Gasteiger partial charge in [-0.2, -0.15) is 0 Å². The first kappa shape index (κ1) is 38.6. The zero-order chi connectivity index (χ0) is 34.9. The molecule has 0 aromatic rings. The first-order valence-corrected chi connectivity index (χ1v) is 15.2. The van der Waals surface area contributed by atoms with Crippen molar-refractivity contribution in [3.63, 3.8) is 0 Å². The summed E-state index contributed by atoms with van der Waals surface area (Å²) in [6, 6.07) is -1.27. The third kappa shape index (κ3) is 8.06. The van der Waals surface area contributed by atoms with E-state index in [9.17, 15) is 55.9 Å². The van der Waals surface area contributed by atoms with Crippen LogP contribution < -0.4 is 5.32 Å². The maximum absolute atomic E-state index is 12.3. The second-order valence-electron chi connectivity index (χ2n) is 12.1. The van der Waals surface area contributed by atoms with Gasteiger partial charge in [-0.05, 0) is 13.8 Å². The van der Waals surface area contributed by atoms with E-state index in [0.29, 0.717) is 0 Å². The Morgan fingerprint density at radius 3 is 1.51 bits per heavy atom. The molecular formula is C27H47NO19. The van der Waals surface area contributed by atoms with Gasteiger partial charge in [0, 0.05) is 14.0 Å². The van der Waals surface area contributed by atoms with Gasteiger partial charge in [-0.25, -0.2) is 0 Å². The van der Waals surface area contributed by atoms with E-state index in [1.54, 1.807) is 0 Å². The zero-order valence-corrected chi connectivity index (χ0v) is 26.1. The summed E-state index contributed by atoms with van der Waals surface area (Å²) >= 11 is 0. The largest absolute Gasteiger partial charge is 0.394 e. The smallest absolute Gasteiger partial charge is 0.217 e. The van der Waals surface area contributed by atoms with Gasteiger partial charge in [0.1, 0.15) is 85.4 Å². The molecule has 20 heteroatoms. The lowest BCUT2D eigenvalue weighted by atomic mass is 9.94. The third-order valence-corrected chi connectivity index (χ3v) is 8.74. The van der Waals surface area contributed by atoms with Crippen molar-refractivity contribution in [3.8, 4) is 0 Å². The fraction of sp³-hybridized carbons (Fsp3) is 0.963. The fourth-order valence-electron chi connectivity index (χ4n) is 5.99. The summed E-state index contributed by atoms with van der Waals surface area (Å²) in [6.45, 7) is 2.37. The van der Waals surface area contributed by atoms with Crippen molar-refractivity contribution in [2.75, 3.05) is 20.3 Å². The Labute approximate surface area is 269 Å². The van der Waals surface area contributed by atoms with Crippen LogP contribution >= 0.6 is 0 Å². The third-order valence-electron chi connectivity index (χ3n) is 8.74. The highest BCUT2D eigenvalue weighted by molar-refractivity contribution is 5.73. The van der Waals surface area contributed by atoms with Crippen molar-refractivity contribution in [2.24, 2.45) is 0 Å². The summed E-state index contributed by atoms with van der Waals surface area (Å²) in [5, 5.41) is 107. The summed E-state index contributed by atoms with van der Waals surface area (Å²) in [5.74, 6) is -0.600. The molecule has 0 bridgehead atoms. The molecule has 0 aliphatic carbocycles. The second-order valence-corrected chi connectivity index (χ2v) is 12.1. The molecule has 4 fully saturated rings. The molecular weight excluding hydrogens is 642 g/mol. The molecule has 4 rings (SSSR count). The molecule has 4 heterocycles. The van der Waals surface area contributed by atoms with E-state index < -0.39 is 142 Å². The number of rotatable bonds is 10. The van der Waals surface area contributed by atoms with Gasteiger partial charge in [-0.3, -0.25) is 4.79 Å². The highest BCUT2D eigenvalue weighted by Gasteiger charge is 2.56. The number of aliphatic hydroxyl groups is 10. The minimum atomic E-state index is -1.89. The summed E-state index contributed by atoms with van der Waals surface area (Å²) in [6.07, 6.45) is -29.9. The summed E-state index contributed by atoms with van der Waals surface area (Å²) in [4.78, 5) is 12.3. The van der Waals surface area contributed by atoms with Gasteiger partial charge < -0.3 is 94.3 Å². The Hall–Kier alpha value is -1.25. The van der Waals surface area contributed by atoms with Crippen LogP contribution in [0.15, 0.2) is 0 Å². The molecule has 1 amide bonds. The molecule has 4 aliphatic heterocycles. The van der Waals surface area contributed by atoms with Crippen LogP contribution in [0.1, 0.15) is 20.8 Å². The number of nitrogens with one attached hydrogen (secondary N) is 1. The van der Waals surface area contributed by atoms with Crippen LogP contribution in [0.5, 0.6) is 0 Å². The molecule has 12 unspecified atom stereocenters. The number of carbonyl (C=O) groups excluding carboxylic acids is 1. The molecule has 4 aliphatic rings. The number of aliphatic hydroxyl groups excluding tert-OH is 10. The van der Waals surface area contributed by atoms with Crippen LogP contribution in [0.3, 0.4) is 0 Å². The molecule has 0 radical (unpaired) electrons. The first-order chi connectivity index (χ1) is 22.1. The van der Waals surface area contributed by atoms with E-state index in [1.807, 2.05) is 0 Å². The quantitative estimate of drug-likeness (QED) is 0.102. The van der Waals surface area contributed by atoms with E-state index in [2.05, 4.69) is 5.32 Å². The topological polar surface area (TPSA) is 305 Å². The normalized spacial score (nSPS) is 51.0. The van der Waals surface area contributed by atoms with Gasteiger partial charge in [-0.1, -0.05) is 0 Å². The van der Waals surface area contributed by atoms with Crippen molar-refractivity contribution in [1.29, 1.82) is 0 Å². The van der Waals surface area contributed by atoms with Gasteiger partial charge in [0.15, 0.2) is 25.2 Å². The summed E-state index contributed by atoms with van der Waals surface area (Å²) in [7, 11) is 1.24. The monoisotopic (exact) mass is 689 g/mol. The highest BCUT2D eigenvalue weighted by Crippen LogP contribution is 2.35. The molecule has 11 N–H and O–H groups in total. The van der Waals surface area contributed by atoms with E-state index in [1.165, 1.54) is 27.9 Å². The summed E-state index contributed by atoms with van der Waals surface area (Å²) in [5.41, 5.74) is 0. The van der Waals surface area contributed by atoms with Crippen molar-refractivity contribution in [1.82, 2.24) is 5.32 Å². The van der Waals surface area contributed by atoms with Crippen molar-refractivity contribution in [2.45, 2.75) is 144 Å². The average molecular weight is 690 g/mol. The van der Waals surface area contributed by atoms with Crippen LogP contribution in [-0.2, 0) is 42.7 Å². The number of amides is 1. The predicted molar refractivity (Wildman–Crippen MR) is 147 cm³/mol. The molecule has 0 spiro atoms. The predicted octanol–water partition coefficient (Wildman–Crippen LogP) is -6.90. The summed E-state index contributed by atoms with van der Waals surface area (Å²) < 4.78 is 46.0. The Morgan fingerprint density at radius 1 is 0.574 bits per heavy atom. The SMILES string of the molecule is CO[C@@H]1OC(CO)[C@@H](O[C@@H]2OC(CO)[C@H](O)C(O)C2O[C@@H]2OC(C)[C@@H](O)C(O)C2O)C(O[C@@H]2OC(C)[C@@H](O)C(O)C2O)C1NC(C)=O. The highest BCUT2D eigenvalue weighted by atomic mass is 16.8. The average Bonchev–Trinajstić information content (AvgIpc) is 3.04. The lowest BCUT2D eigenvalue weighted by Gasteiger charge is -2.50. The minimum Gasteiger partial charge on any atom is -0.394 e. The van der Waals surface area contributed by atoms with Gasteiger partial charge in [0.05, 0.1) is 25.4 Å². The first-order valence-electron chi connectivity index (χ1n) is 15.2. The molecule has 0 saturated carbocycles. The van der Waals surface area contributed by atoms with E-state index >= 15 is 0 Å². The minimum absolute atomic E-state index is 0.600. The second kappa shape index (κ2) is 16.2. The number of ether oxygens (including phenoxy) is 8. The lowest BCUT2D eigenvalue weighted by molar-refractivity contribution is -0.392. The number of methoxy groups -OCH3 is 1. The van der Waals surface area contributed by atoms with Crippen molar-refractivity contribution >= 4 is 5.91 Å². The number of carbonyl (C=O) groups is 1. The molecule has 47 heavy (non-hydrogen) atoms. The zero-order valence-electron chi connectivity index (χ0n) is 26.1. The lowest BCUT2D eigenvalue weighted by Crippen LogP contribution is -2.70. The standard InChI is InChI=1S/C27H47NO19/c1-7-13(32)16(35)19(38)25(41-7)46-22-12(28-9(3)31)24(40-4)44-11(6-30)21(22)45-27-23(18(37)15(34)10(5-29)43-27)47-26-20(39)17(36)14(33)8(2)42-26/h7-8,10-27,29-30,32-39H,5-6H2,1-4H3,(H,28,31)/t7?,8?,10?,11?,12?,13-,14-,15+,16?,17?,18?,19?,20?,21-,22?,23?,24-,25+,26+,27+/m1/s1. The van der Waals surface area contributed by atoms with Gasteiger partial charge >= 0.3 is 0 Å². The van der Waals surface area contributed by atoms with E-state index in [-0.39, 0.29) is 0 Å². The Balaban J connectivity index is 1.70. The van der Waals surface area contributed by atoms with Crippen LogP contribution in [0.2, 0.25) is 0 Å². The van der Waals surface area contributed by atoms with Crippen LogP contribution in [-0.4, -0.2) is 200 Å². The van der Waals surface area contributed by atoms with Crippen molar-refractivity contribution in [3.05, 3.63) is 0 Å². The maximum atomic E-state index is 12.3. The molecule has 274 valence electrons. The van der Waals surface area contributed by atoms with Gasteiger partial charge in [0.2, 0.25) is 5.91 Å². The van der Waals surface area contributed by atoms with Crippen LogP contribution in [0.25, 0.3) is 0 Å². The molecule has 20 nitrogen and oxygen atoms in total. The van der Waals surface area contributed by atoms with E-state index in [4.69, 9.17) is 37.9 Å². The molecule has 0 aromatic carbocycles. The molecule has 20 atom stereocenters. The van der Waals surface area contributed by atoms with Gasteiger partial charge in [0.25, 0.3) is 0 Å². The maximum Gasteiger partial charge on any atom is 0.217 e. The van der Waals surface area contributed by atoms with Crippen LogP contribution in [0.4, 0.5) is 0 Å². The fourth-order valence-corrected chi connectivity index (χ4v) is 5.99.